The molecule has 0 radical (unpaired) electrons. The summed E-state index contributed by atoms with van der Waals surface area (Å²) in [5.41, 5.74) is 0.673. The number of carboxylic acids is 1. The van der Waals surface area contributed by atoms with Crippen molar-refractivity contribution in [3.8, 4) is 5.75 Å². The first-order chi connectivity index (χ1) is 12.1. The number of nitrogens with one attached hydrogen (secondary N) is 1. The number of rotatable bonds is 5. The molecule has 2 N–H and O–H groups in total. The molecular weight excluding hydrogens is 324 g/mol. The fourth-order valence-corrected chi connectivity index (χ4v) is 2.59. The molecule has 7 nitrogen and oxygen atoms in total. The molecule has 1 saturated heterocycles. The Morgan fingerprint density at radius 3 is 2.68 bits per heavy atom. The summed E-state index contributed by atoms with van der Waals surface area (Å²) in [6, 6.07) is 9.34. The lowest BCUT2D eigenvalue weighted by Gasteiger charge is -2.32. The van der Waals surface area contributed by atoms with Crippen LogP contribution < -0.4 is 10.1 Å². The summed E-state index contributed by atoms with van der Waals surface area (Å²) in [5, 5.41) is 11.9. The summed E-state index contributed by atoms with van der Waals surface area (Å²) in [6.45, 7) is 0.883. The van der Waals surface area contributed by atoms with Gasteiger partial charge in [0.05, 0.1) is 23.8 Å². The minimum Gasteiger partial charge on any atom is -0.486 e. The number of pyridine rings is 1. The van der Waals surface area contributed by atoms with Crippen LogP contribution in [0.3, 0.4) is 0 Å². The van der Waals surface area contributed by atoms with Crippen molar-refractivity contribution >= 4 is 11.9 Å². The van der Waals surface area contributed by atoms with Crippen molar-refractivity contribution in [2.45, 2.75) is 18.6 Å². The van der Waals surface area contributed by atoms with Crippen LogP contribution in [0.2, 0.25) is 0 Å². The van der Waals surface area contributed by atoms with E-state index >= 15 is 0 Å². The van der Waals surface area contributed by atoms with Crippen LogP contribution in [0, 0.1) is 0 Å². The molecule has 3 rings (SSSR count). The third kappa shape index (κ3) is 4.33. The Balaban J connectivity index is 1.66. The van der Waals surface area contributed by atoms with E-state index in [9.17, 15) is 9.59 Å². The SMILES string of the molecule is O=C(O)c1ccc(O[C@@H]2COCC[C@H]2NC(=O)c2cccnc2)cc1. The van der Waals surface area contributed by atoms with Gasteiger partial charge in [0.1, 0.15) is 11.9 Å². The summed E-state index contributed by atoms with van der Waals surface area (Å²) in [7, 11) is 0. The zero-order valence-electron chi connectivity index (χ0n) is 13.4. The maximum absolute atomic E-state index is 12.3. The number of aromatic nitrogens is 1. The van der Waals surface area contributed by atoms with Gasteiger partial charge in [0, 0.05) is 19.0 Å². The Morgan fingerprint density at radius 1 is 1.20 bits per heavy atom. The number of ether oxygens (including phenoxy) is 2. The van der Waals surface area contributed by atoms with E-state index in [4.69, 9.17) is 14.6 Å². The van der Waals surface area contributed by atoms with E-state index < -0.39 is 5.97 Å². The van der Waals surface area contributed by atoms with E-state index in [-0.39, 0.29) is 23.6 Å². The Morgan fingerprint density at radius 2 is 2.00 bits per heavy atom. The molecule has 1 aliphatic heterocycles. The van der Waals surface area contributed by atoms with Crippen molar-refractivity contribution in [3.63, 3.8) is 0 Å². The average molecular weight is 342 g/mol. The molecule has 7 heteroatoms. The van der Waals surface area contributed by atoms with Gasteiger partial charge < -0.3 is 19.9 Å². The average Bonchev–Trinajstić information content (AvgIpc) is 2.64. The highest BCUT2D eigenvalue weighted by atomic mass is 16.5. The Labute approximate surface area is 144 Å². The number of amides is 1. The van der Waals surface area contributed by atoms with Gasteiger partial charge in [-0.15, -0.1) is 0 Å². The standard InChI is InChI=1S/C18H18N2O5/c21-17(13-2-1-8-19-10-13)20-15-7-9-24-11-16(15)25-14-5-3-12(4-6-14)18(22)23/h1-6,8,10,15-16H,7,9,11H2,(H,20,21)(H,22,23)/t15-,16-/m1/s1. The van der Waals surface area contributed by atoms with Crippen LogP contribution in [0.5, 0.6) is 5.75 Å². The molecule has 1 fully saturated rings. The van der Waals surface area contributed by atoms with Crippen LogP contribution in [-0.2, 0) is 4.74 Å². The molecule has 0 spiro atoms. The minimum absolute atomic E-state index is 0.189. The van der Waals surface area contributed by atoms with Gasteiger partial charge in [-0.2, -0.15) is 0 Å². The highest BCUT2D eigenvalue weighted by molar-refractivity contribution is 5.94. The summed E-state index contributed by atoms with van der Waals surface area (Å²) in [5.74, 6) is -0.676. The number of hydrogen-bond acceptors (Lipinski definition) is 5. The van der Waals surface area contributed by atoms with E-state index in [2.05, 4.69) is 10.3 Å². The number of carboxylic acid groups (broad SMARTS) is 1. The number of carbonyl (C=O) groups excluding carboxylic acids is 1. The maximum atomic E-state index is 12.3. The van der Waals surface area contributed by atoms with Crippen molar-refractivity contribution in [1.29, 1.82) is 0 Å². The summed E-state index contributed by atoms with van der Waals surface area (Å²) >= 11 is 0. The molecule has 1 aliphatic rings. The number of nitrogens with zero attached hydrogens (tertiary/aromatic N) is 1. The Hall–Kier alpha value is -2.93. The van der Waals surface area contributed by atoms with Crippen molar-refractivity contribution in [3.05, 3.63) is 59.9 Å². The molecule has 1 aromatic heterocycles. The lowest BCUT2D eigenvalue weighted by Crippen LogP contribution is -2.51. The predicted octanol–water partition coefficient (Wildman–Crippen LogP) is 1.75. The van der Waals surface area contributed by atoms with Crippen LogP contribution in [0.25, 0.3) is 0 Å². The van der Waals surface area contributed by atoms with Gasteiger partial charge >= 0.3 is 5.97 Å². The normalized spacial score (nSPS) is 19.8. The second kappa shape index (κ2) is 7.76. The lowest BCUT2D eigenvalue weighted by molar-refractivity contribution is -0.0135. The molecule has 2 atom stereocenters. The van der Waals surface area contributed by atoms with Crippen LogP contribution in [0.15, 0.2) is 48.8 Å². The highest BCUT2D eigenvalue weighted by Gasteiger charge is 2.29. The second-order valence-corrected chi connectivity index (χ2v) is 5.67. The number of aromatic carboxylic acids is 1. The van der Waals surface area contributed by atoms with Gasteiger partial charge in [0.15, 0.2) is 0 Å². The van der Waals surface area contributed by atoms with E-state index in [1.165, 1.54) is 18.3 Å². The lowest BCUT2D eigenvalue weighted by atomic mass is 10.1. The molecule has 2 heterocycles. The van der Waals surface area contributed by atoms with Crippen LogP contribution in [0.1, 0.15) is 27.1 Å². The maximum Gasteiger partial charge on any atom is 0.335 e. The fourth-order valence-electron chi connectivity index (χ4n) is 2.59. The first-order valence-electron chi connectivity index (χ1n) is 7.92. The largest absolute Gasteiger partial charge is 0.486 e. The van der Waals surface area contributed by atoms with E-state index in [0.717, 1.165) is 0 Å². The van der Waals surface area contributed by atoms with Gasteiger partial charge in [-0.25, -0.2) is 4.79 Å². The summed E-state index contributed by atoms with van der Waals surface area (Å²) in [6.07, 6.45) is 3.39. The van der Waals surface area contributed by atoms with Crippen LogP contribution >= 0.6 is 0 Å². The second-order valence-electron chi connectivity index (χ2n) is 5.67. The molecular formula is C18H18N2O5. The van der Waals surface area contributed by atoms with Crippen LogP contribution in [-0.4, -0.2) is 47.3 Å². The first kappa shape index (κ1) is 16.9. The Kier molecular flexibility index (Phi) is 5.25. The quantitative estimate of drug-likeness (QED) is 0.859. The van der Waals surface area contributed by atoms with Crippen molar-refractivity contribution < 1.29 is 24.2 Å². The number of hydrogen-bond donors (Lipinski definition) is 2. The van der Waals surface area contributed by atoms with E-state index in [0.29, 0.717) is 30.9 Å². The van der Waals surface area contributed by atoms with Crippen molar-refractivity contribution in [1.82, 2.24) is 10.3 Å². The minimum atomic E-state index is -0.992. The smallest absolute Gasteiger partial charge is 0.335 e. The molecule has 0 aliphatic carbocycles. The molecule has 130 valence electrons. The molecule has 0 saturated carbocycles. The zero-order chi connectivity index (χ0) is 17.6. The summed E-state index contributed by atoms with van der Waals surface area (Å²) < 4.78 is 11.3. The number of carbonyl (C=O) groups is 2. The van der Waals surface area contributed by atoms with Crippen molar-refractivity contribution in [2.24, 2.45) is 0 Å². The third-order valence-electron chi connectivity index (χ3n) is 3.93. The third-order valence-corrected chi connectivity index (χ3v) is 3.93. The predicted molar refractivity (Wildman–Crippen MR) is 88.7 cm³/mol. The van der Waals surface area contributed by atoms with Gasteiger partial charge in [-0.3, -0.25) is 9.78 Å². The monoisotopic (exact) mass is 342 g/mol. The fraction of sp³-hybridized carbons (Fsp3) is 0.278. The van der Waals surface area contributed by atoms with Gasteiger partial charge in [-0.1, -0.05) is 0 Å². The van der Waals surface area contributed by atoms with Crippen molar-refractivity contribution in [2.75, 3.05) is 13.2 Å². The van der Waals surface area contributed by atoms with Crippen LogP contribution in [0.4, 0.5) is 0 Å². The highest BCUT2D eigenvalue weighted by Crippen LogP contribution is 2.19. The van der Waals surface area contributed by atoms with Gasteiger partial charge in [0.2, 0.25) is 0 Å². The molecule has 0 bridgehead atoms. The van der Waals surface area contributed by atoms with E-state index in [1.54, 1.807) is 30.5 Å². The Bertz CT molecular complexity index is 733. The van der Waals surface area contributed by atoms with E-state index in [1.807, 2.05) is 0 Å². The molecule has 1 amide bonds. The molecule has 0 unspecified atom stereocenters. The molecule has 1 aromatic carbocycles. The molecule has 25 heavy (non-hydrogen) atoms. The topological polar surface area (TPSA) is 97.8 Å². The van der Waals surface area contributed by atoms with Gasteiger partial charge in [-0.05, 0) is 42.8 Å². The van der Waals surface area contributed by atoms with Gasteiger partial charge in [0.25, 0.3) is 5.91 Å². The first-order valence-corrected chi connectivity index (χ1v) is 7.92. The number of benzene rings is 1. The molecule has 2 aromatic rings. The summed E-state index contributed by atoms with van der Waals surface area (Å²) in [4.78, 5) is 27.2. The zero-order valence-corrected chi connectivity index (χ0v) is 13.4.